The van der Waals surface area contributed by atoms with E-state index in [0.29, 0.717) is 12.3 Å². The number of aryl methyl sites for hydroxylation is 2. The molecule has 4 nitrogen and oxygen atoms in total. The SMILES string of the molecule is CCC(CNC)C(=O)Nc1c(C)cc(C)cc1OC. The summed E-state index contributed by atoms with van der Waals surface area (Å²) >= 11 is 0. The van der Waals surface area contributed by atoms with Crippen molar-refractivity contribution in [2.75, 3.05) is 26.0 Å². The fraction of sp³-hybridized carbons (Fsp3) is 0.533. The topological polar surface area (TPSA) is 50.4 Å². The van der Waals surface area contributed by atoms with Crippen molar-refractivity contribution in [3.63, 3.8) is 0 Å². The molecule has 106 valence electrons. The third-order valence-electron chi connectivity index (χ3n) is 3.23. The van der Waals surface area contributed by atoms with Gasteiger partial charge in [0.2, 0.25) is 5.91 Å². The number of carbonyl (C=O) groups is 1. The van der Waals surface area contributed by atoms with Crippen molar-refractivity contribution in [2.45, 2.75) is 27.2 Å². The molecular formula is C15H24N2O2. The van der Waals surface area contributed by atoms with E-state index in [1.807, 2.05) is 40.0 Å². The van der Waals surface area contributed by atoms with Crippen molar-refractivity contribution in [3.05, 3.63) is 23.3 Å². The van der Waals surface area contributed by atoms with Crippen LogP contribution in [0.2, 0.25) is 0 Å². The van der Waals surface area contributed by atoms with E-state index in [-0.39, 0.29) is 11.8 Å². The second kappa shape index (κ2) is 7.14. The Hall–Kier alpha value is -1.55. The minimum Gasteiger partial charge on any atom is -0.495 e. The summed E-state index contributed by atoms with van der Waals surface area (Å²) in [6, 6.07) is 3.97. The molecule has 0 aliphatic heterocycles. The monoisotopic (exact) mass is 264 g/mol. The normalized spacial score (nSPS) is 12.1. The van der Waals surface area contributed by atoms with Gasteiger partial charge >= 0.3 is 0 Å². The van der Waals surface area contributed by atoms with Gasteiger partial charge in [0.25, 0.3) is 0 Å². The molecule has 1 unspecified atom stereocenters. The molecule has 0 bridgehead atoms. The Morgan fingerprint density at radius 3 is 2.58 bits per heavy atom. The molecule has 0 fully saturated rings. The lowest BCUT2D eigenvalue weighted by atomic mass is 10.0. The molecule has 4 heteroatoms. The third kappa shape index (κ3) is 3.96. The molecular weight excluding hydrogens is 240 g/mol. The fourth-order valence-electron chi connectivity index (χ4n) is 2.14. The van der Waals surface area contributed by atoms with Crippen molar-refractivity contribution >= 4 is 11.6 Å². The van der Waals surface area contributed by atoms with Crippen LogP contribution >= 0.6 is 0 Å². The number of ether oxygens (including phenoxy) is 1. The molecule has 1 aromatic carbocycles. The molecule has 19 heavy (non-hydrogen) atoms. The molecule has 0 saturated carbocycles. The number of rotatable bonds is 6. The summed E-state index contributed by atoms with van der Waals surface area (Å²) in [5, 5.41) is 6.03. The Balaban J connectivity index is 2.95. The van der Waals surface area contributed by atoms with Gasteiger partial charge in [-0.25, -0.2) is 0 Å². The molecule has 1 atom stereocenters. The van der Waals surface area contributed by atoms with Crippen LogP contribution in [0.5, 0.6) is 5.75 Å². The first kappa shape index (κ1) is 15.5. The van der Waals surface area contributed by atoms with E-state index < -0.39 is 0 Å². The number of nitrogens with one attached hydrogen (secondary N) is 2. The molecule has 1 aromatic rings. The number of benzene rings is 1. The molecule has 2 N–H and O–H groups in total. The molecule has 0 aliphatic carbocycles. The predicted molar refractivity (Wildman–Crippen MR) is 78.8 cm³/mol. The number of hydrogen-bond donors (Lipinski definition) is 2. The third-order valence-corrected chi connectivity index (χ3v) is 3.23. The Kier molecular flexibility index (Phi) is 5.83. The summed E-state index contributed by atoms with van der Waals surface area (Å²) < 4.78 is 5.35. The Morgan fingerprint density at radius 2 is 2.05 bits per heavy atom. The van der Waals surface area contributed by atoms with Crippen LogP contribution in [0.15, 0.2) is 12.1 Å². The van der Waals surface area contributed by atoms with Gasteiger partial charge < -0.3 is 15.4 Å². The summed E-state index contributed by atoms with van der Waals surface area (Å²) in [7, 11) is 3.47. The lowest BCUT2D eigenvalue weighted by molar-refractivity contribution is -0.119. The summed E-state index contributed by atoms with van der Waals surface area (Å²) in [6.45, 7) is 6.68. The highest BCUT2D eigenvalue weighted by molar-refractivity contribution is 5.95. The van der Waals surface area contributed by atoms with Gasteiger partial charge in [0, 0.05) is 6.54 Å². The molecule has 0 aliphatic rings. The Labute approximate surface area is 115 Å². The van der Waals surface area contributed by atoms with Gasteiger partial charge in [-0.3, -0.25) is 4.79 Å². The predicted octanol–water partition coefficient (Wildman–Crippen LogP) is 2.50. The number of hydrogen-bond acceptors (Lipinski definition) is 3. The largest absolute Gasteiger partial charge is 0.495 e. The second-order valence-corrected chi connectivity index (χ2v) is 4.81. The van der Waals surface area contributed by atoms with Gasteiger partial charge in [-0.2, -0.15) is 0 Å². The maximum Gasteiger partial charge on any atom is 0.228 e. The zero-order valence-corrected chi connectivity index (χ0v) is 12.5. The zero-order valence-electron chi connectivity index (χ0n) is 12.5. The van der Waals surface area contributed by atoms with Crippen molar-refractivity contribution in [2.24, 2.45) is 5.92 Å². The van der Waals surface area contributed by atoms with E-state index in [1.54, 1.807) is 7.11 Å². The smallest absolute Gasteiger partial charge is 0.228 e. The summed E-state index contributed by atoms with van der Waals surface area (Å²) in [5.74, 6) is 0.711. The van der Waals surface area contributed by atoms with E-state index in [9.17, 15) is 4.79 Å². The van der Waals surface area contributed by atoms with Crippen molar-refractivity contribution < 1.29 is 9.53 Å². The Morgan fingerprint density at radius 1 is 1.37 bits per heavy atom. The average Bonchev–Trinajstić information content (AvgIpc) is 2.38. The first-order valence-corrected chi connectivity index (χ1v) is 6.64. The number of anilines is 1. The maximum absolute atomic E-state index is 12.2. The lowest BCUT2D eigenvalue weighted by Gasteiger charge is -2.18. The van der Waals surface area contributed by atoms with Gasteiger partial charge in [-0.05, 0) is 44.5 Å². The number of amides is 1. The lowest BCUT2D eigenvalue weighted by Crippen LogP contribution is -2.30. The van der Waals surface area contributed by atoms with Crippen LogP contribution in [0.25, 0.3) is 0 Å². The first-order valence-electron chi connectivity index (χ1n) is 6.64. The minimum atomic E-state index is -0.0320. The van der Waals surface area contributed by atoms with Crippen LogP contribution in [0.1, 0.15) is 24.5 Å². The van der Waals surface area contributed by atoms with Crippen LogP contribution in [0.3, 0.4) is 0 Å². The van der Waals surface area contributed by atoms with Crippen molar-refractivity contribution in [3.8, 4) is 5.75 Å². The molecule has 0 radical (unpaired) electrons. The highest BCUT2D eigenvalue weighted by Crippen LogP contribution is 2.30. The van der Waals surface area contributed by atoms with E-state index in [4.69, 9.17) is 4.74 Å². The van der Waals surface area contributed by atoms with E-state index in [0.717, 1.165) is 23.2 Å². The average molecular weight is 264 g/mol. The van der Waals surface area contributed by atoms with Crippen LogP contribution in [0.4, 0.5) is 5.69 Å². The minimum absolute atomic E-state index is 0.0297. The van der Waals surface area contributed by atoms with Crippen molar-refractivity contribution in [1.29, 1.82) is 0 Å². The van der Waals surface area contributed by atoms with Gasteiger partial charge in [0.05, 0.1) is 18.7 Å². The standard InChI is InChI=1S/C15H24N2O2/c1-6-12(9-16-4)15(18)17-14-11(3)7-10(2)8-13(14)19-5/h7-8,12,16H,6,9H2,1-5H3,(H,17,18). The van der Waals surface area contributed by atoms with Crippen LogP contribution < -0.4 is 15.4 Å². The van der Waals surface area contributed by atoms with Gasteiger partial charge in [-0.15, -0.1) is 0 Å². The number of methoxy groups -OCH3 is 1. The first-order chi connectivity index (χ1) is 9.03. The molecule has 0 saturated heterocycles. The molecule has 1 amide bonds. The van der Waals surface area contributed by atoms with Crippen LogP contribution in [-0.2, 0) is 4.79 Å². The number of carbonyl (C=O) groups excluding carboxylic acids is 1. The van der Waals surface area contributed by atoms with E-state index >= 15 is 0 Å². The quantitative estimate of drug-likeness (QED) is 0.830. The van der Waals surface area contributed by atoms with Crippen molar-refractivity contribution in [1.82, 2.24) is 5.32 Å². The molecule has 1 rings (SSSR count). The highest BCUT2D eigenvalue weighted by atomic mass is 16.5. The molecule has 0 spiro atoms. The summed E-state index contributed by atoms with van der Waals surface area (Å²) in [6.07, 6.45) is 0.805. The summed E-state index contributed by atoms with van der Waals surface area (Å²) in [4.78, 5) is 12.2. The summed E-state index contributed by atoms with van der Waals surface area (Å²) in [5.41, 5.74) is 2.91. The van der Waals surface area contributed by atoms with E-state index in [2.05, 4.69) is 10.6 Å². The Bertz CT molecular complexity index is 444. The van der Waals surface area contributed by atoms with Gasteiger partial charge in [0.15, 0.2) is 0 Å². The molecule has 0 aromatic heterocycles. The van der Waals surface area contributed by atoms with Gasteiger partial charge in [-0.1, -0.05) is 13.0 Å². The fourth-order valence-corrected chi connectivity index (χ4v) is 2.14. The molecule has 0 heterocycles. The van der Waals surface area contributed by atoms with Crippen LogP contribution in [-0.4, -0.2) is 26.6 Å². The van der Waals surface area contributed by atoms with Gasteiger partial charge in [0.1, 0.15) is 5.75 Å². The zero-order chi connectivity index (χ0) is 14.4. The van der Waals surface area contributed by atoms with Crippen LogP contribution in [0, 0.1) is 19.8 Å². The van der Waals surface area contributed by atoms with E-state index in [1.165, 1.54) is 0 Å². The maximum atomic E-state index is 12.2. The highest BCUT2D eigenvalue weighted by Gasteiger charge is 2.18. The second-order valence-electron chi connectivity index (χ2n) is 4.81.